The van der Waals surface area contributed by atoms with Gasteiger partial charge in [-0.2, -0.15) is 5.26 Å². The zero-order valence-electron chi connectivity index (χ0n) is 19.7. The quantitative estimate of drug-likeness (QED) is 0.498. The van der Waals surface area contributed by atoms with Gasteiger partial charge in [0.25, 0.3) is 0 Å². The Hall–Kier alpha value is -3.41. The number of benzene rings is 2. The topological polar surface area (TPSA) is 92.1 Å². The van der Waals surface area contributed by atoms with Gasteiger partial charge in [0.2, 0.25) is 5.91 Å². The number of carbonyl (C=O) groups excluding carboxylic acids is 2. The largest absolute Gasteiger partial charge is 0.497 e. The minimum atomic E-state index is -0.368. The molecule has 34 heavy (non-hydrogen) atoms. The Morgan fingerprint density at radius 3 is 2.41 bits per heavy atom. The van der Waals surface area contributed by atoms with Crippen LogP contribution >= 0.6 is 0 Å². The van der Waals surface area contributed by atoms with Crippen LogP contribution in [-0.4, -0.2) is 68.6 Å². The molecule has 0 aliphatic carbocycles. The van der Waals surface area contributed by atoms with E-state index < -0.39 is 0 Å². The Morgan fingerprint density at radius 1 is 1.03 bits per heavy atom. The summed E-state index contributed by atoms with van der Waals surface area (Å²) >= 11 is 0. The van der Waals surface area contributed by atoms with Crippen LogP contribution in [0.15, 0.2) is 48.5 Å². The highest BCUT2D eigenvalue weighted by atomic mass is 16.5. The lowest BCUT2D eigenvalue weighted by atomic mass is 10.1. The Morgan fingerprint density at radius 2 is 1.76 bits per heavy atom. The number of hydrogen-bond donors (Lipinski definition) is 0. The molecule has 1 heterocycles. The van der Waals surface area contributed by atoms with Crippen molar-refractivity contribution in [3.63, 3.8) is 0 Å². The van der Waals surface area contributed by atoms with Crippen LogP contribution in [0.2, 0.25) is 0 Å². The molecule has 0 spiro atoms. The number of nitriles is 1. The van der Waals surface area contributed by atoms with E-state index >= 15 is 0 Å². The number of esters is 1. The molecule has 1 saturated heterocycles. The Bertz CT molecular complexity index is 994. The summed E-state index contributed by atoms with van der Waals surface area (Å²) in [7, 11) is 2.97. The lowest BCUT2D eigenvalue weighted by Crippen LogP contribution is -2.49. The molecule has 0 radical (unpaired) electrons. The van der Waals surface area contributed by atoms with Crippen LogP contribution in [0.3, 0.4) is 0 Å². The fraction of sp³-hybridized carbons (Fsp3) is 0.423. The number of methoxy groups -OCH3 is 2. The molecule has 1 atom stereocenters. The van der Waals surface area contributed by atoms with Gasteiger partial charge in [-0.25, -0.2) is 0 Å². The summed E-state index contributed by atoms with van der Waals surface area (Å²) in [5, 5.41) is 9.00. The standard InChI is InChI=1S/C26H31N3O5/c1-32-23-5-3-4-22(16-23)24(34-19-21-8-6-20(17-27)7-9-21)18-28-12-14-29(15-13-28)25(30)10-11-26(31)33-2/h3-9,16,24H,10-15,18-19H2,1-2H3. The van der Waals surface area contributed by atoms with Crippen molar-refractivity contribution in [3.8, 4) is 11.8 Å². The molecule has 1 unspecified atom stereocenters. The highest BCUT2D eigenvalue weighted by Gasteiger charge is 2.24. The maximum Gasteiger partial charge on any atom is 0.306 e. The number of amides is 1. The third-order valence-electron chi connectivity index (χ3n) is 5.92. The third-order valence-corrected chi connectivity index (χ3v) is 5.92. The van der Waals surface area contributed by atoms with Crippen LogP contribution < -0.4 is 4.74 Å². The number of ether oxygens (including phenoxy) is 3. The smallest absolute Gasteiger partial charge is 0.306 e. The molecule has 0 N–H and O–H groups in total. The monoisotopic (exact) mass is 465 g/mol. The molecule has 8 nitrogen and oxygen atoms in total. The highest BCUT2D eigenvalue weighted by Crippen LogP contribution is 2.25. The van der Waals surface area contributed by atoms with Gasteiger partial charge < -0.3 is 19.1 Å². The van der Waals surface area contributed by atoms with Gasteiger partial charge in [0, 0.05) is 39.1 Å². The Balaban J connectivity index is 1.60. The van der Waals surface area contributed by atoms with E-state index in [1.54, 1.807) is 24.1 Å². The second-order valence-electron chi connectivity index (χ2n) is 8.14. The zero-order valence-corrected chi connectivity index (χ0v) is 19.7. The van der Waals surface area contributed by atoms with E-state index in [1.165, 1.54) is 7.11 Å². The van der Waals surface area contributed by atoms with Gasteiger partial charge in [0.15, 0.2) is 0 Å². The first-order chi connectivity index (χ1) is 16.5. The van der Waals surface area contributed by atoms with Crippen molar-refractivity contribution in [2.45, 2.75) is 25.6 Å². The summed E-state index contributed by atoms with van der Waals surface area (Å²) in [6, 6.07) is 17.4. The van der Waals surface area contributed by atoms with E-state index in [1.807, 2.05) is 36.4 Å². The van der Waals surface area contributed by atoms with Crippen molar-refractivity contribution >= 4 is 11.9 Å². The maximum absolute atomic E-state index is 12.4. The molecule has 1 aliphatic heterocycles. The van der Waals surface area contributed by atoms with E-state index in [2.05, 4.69) is 15.7 Å². The summed E-state index contributed by atoms with van der Waals surface area (Å²) < 4.78 is 16.3. The molecular weight excluding hydrogens is 434 g/mol. The summed E-state index contributed by atoms with van der Waals surface area (Å²) in [6.45, 7) is 3.77. The highest BCUT2D eigenvalue weighted by molar-refractivity contribution is 5.81. The van der Waals surface area contributed by atoms with E-state index in [-0.39, 0.29) is 30.8 Å². The van der Waals surface area contributed by atoms with Crippen molar-refractivity contribution in [2.75, 3.05) is 46.9 Å². The predicted molar refractivity (Wildman–Crippen MR) is 126 cm³/mol. The Labute approximate surface area is 200 Å². The average molecular weight is 466 g/mol. The van der Waals surface area contributed by atoms with Gasteiger partial charge in [-0.05, 0) is 35.4 Å². The van der Waals surface area contributed by atoms with Crippen molar-refractivity contribution < 1.29 is 23.8 Å². The first-order valence-electron chi connectivity index (χ1n) is 11.3. The second kappa shape index (κ2) is 12.7. The second-order valence-corrected chi connectivity index (χ2v) is 8.14. The summed E-state index contributed by atoms with van der Waals surface area (Å²) in [5.41, 5.74) is 2.63. The molecule has 8 heteroatoms. The summed E-state index contributed by atoms with van der Waals surface area (Å²) in [4.78, 5) is 27.8. The summed E-state index contributed by atoms with van der Waals surface area (Å²) in [6.07, 6.45) is 0.0935. The molecule has 0 saturated carbocycles. The first kappa shape index (κ1) is 25.2. The number of nitrogens with zero attached hydrogens (tertiary/aromatic N) is 3. The maximum atomic E-state index is 12.4. The Kier molecular flexibility index (Phi) is 9.44. The van der Waals surface area contributed by atoms with Gasteiger partial charge in [-0.15, -0.1) is 0 Å². The number of rotatable bonds is 10. The van der Waals surface area contributed by atoms with Crippen LogP contribution in [0.4, 0.5) is 0 Å². The van der Waals surface area contributed by atoms with E-state index in [0.717, 1.165) is 30.0 Å². The predicted octanol–water partition coefficient (Wildman–Crippen LogP) is 2.92. The number of hydrogen-bond acceptors (Lipinski definition) is 7. The molecule has 1 fully saturated rings. The van der Waals surface area contributed by atoms with Crippen molar-refractivity contribution in [3.05, 3.63) is 65.2 Å². The van der Waals surface area contributed by atoms with Crippen molar-refractivity contribution in [2.24, 2.45) is 0 Å². The average Bonchev–Trinajstić information content (AvgIpc) is 2.90. The van der Waals surface area contributed by atoms with Crippen LogP contribution in [0, 0.1) is 11.3 Å². The molecule has 3 rings (SSSR count). The molecule has 1 aliphatic rings. The summed E-state index contributed by atoms with van der Waals surface area (Å²) in [5.74, 6) is 0.379. The SMILES string of the molecule is COC(=O)CCC(=O)N1CCN(CC(OCc2ccc(C#N)cc2)c2cccc(OC)c2)CC1. The molecule has 0 aromatic heterocycles. The van der Waals surface area contributed by atoms with Crippen molar-refractivity contribution in [1.29, 1.82) is 5.26 Å². The molecular formula is C26H31N3O5. The molecule has 2 aromatic rings. The third kappa shape index (κ3) is 7.30. The van der Waals surface area contributed by atoms with E-state index in [9.17, 15) is 9.59 Å². The number of carbonyl (C=O) groups is 2. The van der Waals surface area contributed by atoms with Crippen LogP contribution in [0.25, 0.3) is 0 Å². The fourth-order valence-corrected chi connectivity index (χ4v) is 3.85. The lowest BCUT2D eigenvalue weighted by Gasteiger charge is -2.36. The van der Waals surface area contributed by atoms with Crippen LogP contribution in [0.5, 0.6) is 5.75 Å². The van der Waals surface area contributed by atoms with Crippen molar-refractivity contribution in [1.82, 2.24) is 9.80 Å². The van der Waals surface area contributed by atoms with Gasteiger partial charge in [-0.3, -0.25) is 14.5 Å². The van der Waals surface area contributed by atoms with Gasteiger partial charge >= 0.3 is 5.97 Å². The van der Waals surface area contributed by atoms with Gasteiger partial charge in [0.1, 0.15) is 5.75 Å². The fourth-order valence-electron chi connectivity index (χ4n) is 3.85. The molecule has 2 aromatic carbocycles. The normalized spacial score (nSPS) is 14.8. The van der Waals surface area contributed by atoms with Crippen LogP contribution in [-0.2, 0) is 25.7 Å². The zero-order chi connectivity index (χ0) is 24.3. The van der Waals surface area contributed by atoms with E-state index in [4.69, 9.17) is 14.7 Å². The molecule has 1 amide bonds. The minimum Gasteiger partial charge on any atom is -0.497 e. The van der Waals surface area contributed by atoms with Gasteiger partial charge in [0.05, 0.1) is 45.0 Å². The van der Waals surface area contributed by atoms with E-state index in [0.29, 0.717) is 31.8 Å². The first-order valence-corrected chi connectivity index (χ1v) is 11.3. The molecule has 0 bridgehead atoms. The van der Waals surface area contributed by atoms with Gasteiger partial charge in [-0.1, -0.05) is 24.3 Å². The lowest BCUT2D eigenvalue weighted by molar-refractivity contribution is -0.144. The molecule has 180 valence electrons. The number of piperazine rings is 1. The minimum absolute atomic E-state index is 0.0218. The van der Waals surface area contributed by atoms with Crippen LogP contribution in [0.1, 0.15) is 35.6 Å².